The molecule has 0 aliphatic heterocycles. The van der Waals surface area contributed by atoms with Gasteiger partial charge in [0.15, 0.2) is 0 Å². The van der Waals surface area contributed by atoms with Crippen LogP contribution in [0.25, 0.3) is 0 Å². The number of nitrogens with two attached hydrogens (primary N) is 1. The molecule has 0 radical (unpaired) electrons. The zero-order chi connectivity index (χ0) is 13.8. The number of benzene rings is 2. The molecule has 1 amide bonds. The number of hydrogen-bond donors (Lipinski definition) is 2. The van der Waals surface area contributed by atoms with Crippen LogP contribution in [0.4, 0.5) is 0 Å². The maximum absolute atomic E-state index is 11.5. The molecule has 0 saturated carbocycles. The van der Waals surface area contributed by atoms with Crippen molar-refractivity contribution in [1.29, 1.82) is 0 Å². The van der Waals surface area contributed by atoms with Gasteiger partial charge in [-0.05, 0) is 35.2 Å². The van der Waals surface area contributed by atoms with Crippen LogP contribution >= 0.6 is 0 Å². The Kier molecular flexibility index (Phi) is 3.85. The summed E-state index contributed by atoms with van der Waals surface area (Å²) < 4.78 is 0. The molecule has 19 heavy (non-hydrogen) atoms. The molecule has 3 N–H and O–H groups in total. The maximum Gasteiger partial charge on any atom is 0.248 e. The normalized spacial score (nSPS) is 10.4. The predicted molar refractivity (Wildman–Crippen MR) is 75.3 cm³/mol. The second-order valence-corrected chi connectivity index (χ2v) is 4.47. The van der Waals surface area contributed by atoms with Gasteiger partial charge in [-0.3, -0.25) is 4.79 Å². The number of primary amides is 1. The van der Waals surface area contributed by atoms with Gasteiger partial charge in [-0.25, -0.2) is 0 Å². The summed E-state index contributed by atoms with van der Waals surface area (Å²) in [4.78, 5) is 11.5. The zero-order valence-corrected chi connectivity index (χ0v) is 10.9. The van der Waals surface area contributed by atoms with Crippen molar-refractivity contribution in [3.63, 3.8) is 0 Å². The lowest BCUT2D eigenvalue weighted by atomic mass is 9.93. The van der Waals surface area contributed by atoms with Crippen LogP contribution in [0, 0.1) is 0 Å². The second kappa shape index (κ2) is 5.57. The Morgan fingerprint density at radius 3 is 2.42 bits per heavy atom. The van der Waals surface area contributed by atoms with Gasteiger partial charge in [-0.1, -0.05) is 37.3 Å². The highest BCUT2D eigenvalue weighted by Gasteiger charge is 2.13. The van der Waals surface area contributed by atoms with Crippen molar-refractivity contribution in [1.82, 2.24) is 0 Å². The molecule has 3 nitrogen and oxygen atoms in total. The fourth-order valence-electron chi connectivity index (χ4n) is 2.26. The van der Waals surface area contributed by atoms with Crippen LogP contribution in [0.5, 0.6) is 5.75 Å². The maximum atomic E-state index is 11.5. The van der Waals surface area contributed by atoms with Crippen molar-refractivity contribution >= 4 is 5.91 Å². The fraction of sp³-hybridized carbons (Fsp3) is 0.188. The molecule has 0 unspecified atom stereocenters. The lowest BCUT2D eigenvalue weighted by molar-refractivity contribution is 0.0999. The molecule has 0 spiro atoms. The number of phenols is 1. The van der Waals surface area contributed by atoms with Crippen LogP contribution < -0.4 is 5.73 Å². The van der Waals surface area contributed by atoms with Crippen molar-refractivity contribution in [2.75, 3.05) is 0 Å². The summed E-state index contributed by atoms with van der Waals surface area (Å²) in [7, 11) is 0. The minimum Gasteiger partial charge on any atom is -0.508 e. The number of phenolic OH excluding ortho intramolecular Hbond substituents is 1. The summed E-state index contributed by atoms with van der Waals surface area (Å²) in [6, 6.07) is 12.7. The number of carbonyl (C=O) groups excluding carboxylic acids is 1. The summed E-state index contributed by atoms with van der Waals surface area (Å²) in [5, 5.41) is 9.85. The van der Waals surface area contributed by atoms with E-state index in [-0.39, 0.29) is 5.75 Å². The molecule has 2 aromatic rings. The summed E-state index contributed by atoms with van der Waals surface area (Å²) >= 11 is 0. The third kappa shape index (κ3) is 2.76. The lowest BCUT2D eigenvalue weighted by Crippen LogP contribution is -2.15. The predicted octanol–water partition coefficient (Wildman–Crippen LogP) is 2.64. The van der Waals surface area contributed by atoms with Gasteiger partial charge in [0.1, 0.15) is 5.75 Å². The highest BCUT2D eigenvalue weighted by atomic mass is 16.3. The van der Waals surface area contributed by atoms with E-state index in [1.54, 1.807) is 18.2 Å². The molecule has 3 heteroatoms. The first-order valence-corrected chi connectivity index (χ1v) is 6.31. The van der Waals surface area contributed by atoms with E-state index in [0.29, 0.717) is 12.0 Å². The van der Waals surface area contributed by atoms with E-state index >= 15 is 0 Å². The largest absolute Gasteiger partial charge is 0.508 e. The van der Waals surface area contributed by atoms with E-state index in [1.165, 1.54) is 0 Å². The van der Waals surface area contributed by atoms with Crippen LogP contribution in [-0.4, -0.2) is 11.0 Å². The molecule has 0 aliphatic carbocycles. The monoisotopic (exact) mass is 255 g/mol. The molecule has 0 fully saturated rings. The van der Waals surface area contributed by atoms with E-state index in [1.807, 2.05) is 31.2 Å². The average molecular weight is 255 g/mol. The highest BCUT2D eigenvalue weighted by Crippen LogP contribution is 2.24. The number of aromatic hydroxyl groups is 1. The van der Waals surface area contributed by atoms with E-state index < -0.39 is 5.91 Å². The van der Waals surface area contributed by atoms with Gasteiger partial charge >= 0.3 is 0 Å². The van der Waals surface area contributed by atoms with Gasteiger partial charge in [-0.15, -0.1) is 0 Å². The Morgan fingerprint density at radius 2 is 1.79 bits per heavy atom. The number of hydrogen-bond acceptors (Lipinski definition) is 2. The third-order valence-corrected chi connectivity index (χ3v) is 3.28. The fourth-order valence-corrected chi connectivity index (χ4v) is 2.26. The SMILES string of the molecule is CCc1cccc(C(N)=O)c1Cc1ccccc1O. The van der Waals surface area contributed by atoms with Gasteiger partial charge in [0.25, 0.3) is 0 Å². The molecule has 0 heterocycles. The van der Waals surface area contributed by atoms with Gasteiger partial charge in [-0.2, -0.15) is 0 Å². The number of aryl methyl sites for hydroxylation is 1. The van der Waals surface area contributed by atoms with Gasteiger partial charge < -0.3 is 10.8 Å². The van der Waals surface area contributed by atoms with Crippen LogP contribution in [0.3, 0.4) is 0 Å². The molecule has 0 aliphatic rings. The number of amides is 1. The Bertz CT molecular complexity index is 605. The first-order valence-electron chi connectivity index (χ1n) is 6.31. The first-order chi connectivity index (χ1) is 9.13. The molecular formula is C16H17NO2. The quantitative estimate of drug-likeness (QED) is 0.882. The van der Waals surface area contributed by atoms with Crippen molar-refractivity contribution in [3.05, 3.63) is 64.7 Å². The molecule has 0 bridgehead atoms. The summed E-state index contributed by atoms with van der Waals surface area (Å²) in [6.07, 6.45) is 1.33. The van der Waals surface area contributed by atoms with Crippen LogP contribution in [-0.2, 0) is 12.8 Å². The molecular weight excluding hydrogens is 238 g/mol. The molecule has 0 aromatic heterocycles. The zero-order valence-electron chi connectivity index (χ0n) is 10.9. The van der Waals surface area contributed by atoms with Crippen LogP contribution in [0.2, 0.25) is 0 Å². The Hall–Kier alpha value is -2.29. The minimum atomic E-state index is -0.430. The number of para-hydroxylation sites is 1. The third-order valence-electron chi connectivity index (χ3n) is 3.28. The molecule has 98 valence electrons. The van der Waals surface area contributed by atoms with Crippen LogP contribution in [0.1, 0.15) is 34.0 Å². The Balaban J connectivity index is 2.49. The number of carbonyl (C=O) groups is 1. The Morgan fingerprint density at radius 1 is 1.11 bits per heavy atom. The van der Waals surface area contributed by atoms with Crippen molar-refractivity contribution in [3.8, 4) is 5.75 Å². The van der Waals surface area contributed by atoms with E-state index in [9.17, 15) is 9.90 Å². The van der Waals surface area contributed by atoms with Gasteiger partial charge in [0.05, 0.1) is 0 Å². The molecule has 2 aromatic carbocycles. The standard InChI is InChI=1S/C16H17NO2/c1-2-11-7-5-8-13(16(17)19)14(11)10-12-6-3-4-9-15(12)18/h3-9,18H,2,10H2,1H3,(H2,17,19). The minimum absolute atomic E-state index is 0.240. The van der Waals surface area contributed by atoms with Crippen molar-refractivity contribution in [2.45, 2.75) is 19.8 Å². The summed E-state index contributed by atoms with van der Waals surface area (Å²) in [5.74, 6) is -0.190. The van der Waals surface area contributed by atoms with E-state index in [4.69, 9.17) is 5.73 Å². The molecule has 0 saturated heterocycles. The topological polar surface area (TPSA) is 63.3 Å². The smallest absolute Gasteiger partial charge is 0.248 e. The second-order valence-electron chi connectivity index (χ2n) is 4.47. The Labute approximate surface area is 112 Å². The molecule has 2 rings (SSSR count). The first kappa shape index (κ1) is 13.1. The average Bonchev–Trinajstić information content (AvgIpc) is 2.41. The van der Waals surface area contributed by atoms with Gasteiger partial charge in [0, 0.05) is 12.0 Å². The van der Waals surface area contributed by atoms with E-state index in [0.717, 1.165) is 23.1 Å². The summed E-state index contributed by atoms with van der Waals surface area (Å²) in [5.41, 5.74) is 8.74. The lowest BCUT2D eigenvalue weighted by Gasteiger charge is -2.13. The summed E-state index contributed by atoms with van der Waals surface area (Å²) in [6.45, 7) is 2.04. The molecule has 0 atom stereocenters. The highest BCUT2D eigenvalue weighted by molar-refractivity contribution is 5.94. The number of rotatable bonds is 4. The van der Waals surface area contributed by atoms with Crippen LogP contribution in [0.15, 0.2) is 42.5 Å². The van der Waals surface area contributed by atoms with Gasteiger partial charge in [0.2, 0.25) is 5.91 Å². The van der Waals surface area contributed by atoms with Crippen molar-refractivity contribution < 1.29 is 9.90 Å². The van der Waals surface area contributed by atoms with E-state index in [2.05, 4.69) is 0 Å². The van der Waals surface area contributed by atoms with Crippen molar-refractivity contribution in [2.24, 2.45) is 5.73 Å².